The smallest absolute Gasteiger partial charge is 0.401 e. The molecule has 3 rings (SSSR count). The molecule has 0 fully saturated rings. The Kier molecular flexibility index (Phi) is 6.62. The topological polar surface area (TPSA) is 97.3 Å². The van der Waals surface area contributed by atoms with Crippen LogP contribution in [-0.2, 0) is 19.6 Å². The van der Waals surface area contributed by atoms with Crippen molar-refractivity contribution in [1.29, 1.82) is 0 Å². The molecule has 0 aliphatic carbocycles. The Morgan fingerprint density at radius 2 is 1.75 bits per heavy atom. The molecular formula is C20H21ClN4O3. The highest BCUT2D eigenvalue weighted by Crippen LogP contribution is 2.02. The predicted octanol–water partition coefficient (Wildman–Crippen LogP) is 0.419. The SMILES string of the molecule is O=c1c(C([O-])=NCc2ccccc2)[n+](CC(O)CCl)[nH]n1Cc1ccccc1. The lowest BCUT2D eigenvalue weighted by Crippen LogP contribution is -2.50. The van der Waals surface area contributed by atoms with E-state index >= 15 is 0 Å². The van der Waals surface area contributed by atoms with Gasteiger partial charge in [0, 0.05) is 5.90 Å². The quantitative estimate of drug-likeness (QED) is 0.248. The van der Waals surface area contributed by atoms with Crippen LogP contribution in [0.3, 0.4) is 0 Å². The standard InChI is InChI=1S/C20H21ClN4O3/c21-11-17(26)14-24-18(19(27)22-12-15-7-3-1-4-8-15)20(28)25(23-24)13-16-9-5-2-6-10-16/h1-10,17,26H,11-14H2,(H-,22,23,27,28). The van der Waals surface area contributed by atoms with E-state index in [1.807, 2.05) is 60.7 Å². The van der Waals surface area contributed by atoms with Crippen LogP contribution < -0.4 is 15.3 Å². The Balaban J connectivity index is 1.93. The third-order valence-electron chi connectivity index (χ3n) is 4.16. The summed E-state index contributed by atoms with van der Waals surface area (Å²) in [5.74, 6) is -0.660. The van der Waals surface area contributed by atoms with Gasteiger partial charge < -0.3 is 10.2 Å². The number of aromatic amines is 1. The number of H-pyrrole nitrogens is 1. The molecular weight excluding hydrogens is 380 g/mol. The number of halogens is 1. The first-order valence-corrected chi connectivity index (χ1v) is 9.38. The lowest BCUT2D eigenvalue weighted by molar-refractivity contribution is -0.762. The second-order valence-electron chi connectivity index (χ2n) is 6.35. The highest BCUT2D eigenvalue weighted by atomic mass is 35.5. The highest BCUT2D eigenvalue weighted by Gasteiger charge is 2.23. The van der Waals surface area contributed by atoms with Crippen LogP contribution >= 0.6 is 11.6 Å². The molecule has 0 aliphatic heterocycles. The number of aliphatic hydroxyl groups is 1. The molecule has 8 heteroatoms. The first kappa shape index (κ1) is 19.9. The van der Waals surface area contributed by atoms with E-state index in [9.17, 15) is 15.0 Å². The molecule has 0 spiro atoms. The van der Waals surface area contributed by atoms with Crippen molar-refractivity contribution in [2.24, 2.45) is 4.99 Å². The number of aromatic nitrogens is 3. The molecule has 1 atom stereocenters. The van der Waals surface area contributed by atoms with E-state index in [4.69, 9.17) is 11.6 Å². The van der Waals surface area contributed by atoms with Gasteiger partial charge in [-0.1, -0.05) is 65.9 Å². The molecule has 0 bridgehead atoms. The Hall–Kier alpha value is -2.90. The van der Waals surface area contributed by atoms with Crippen molar-refractivity contribution in [3.63, 3.8) is 0 Å². The Morgan fingerprint density at radius 1 is 1.14 bits per heavy atom. The van der Waals surface area contributed by atoms with Crippen LogP contribution in [0.25, 0.3) is 0 Å². The average Bonchev–Trinajstić information content (AvgIpc) is 3.02. The van der Waals surface area contributed by atoms with Crippen molar-refractivity contribution in [2.75, 3.05) is 5.88 Å². The number of nitrogens with zero attached hydrogens (tertiary/aromatic N) is 3. The van der Waals surface area contributed by atoms with Gasteiger partial charge in [-0.3, -0.25) is 4.99 Å². The van der Waals surface area contributed by atoms with Crippen LogP contribution in [0.4, 0.5) is 0 Å². The van der Waals surface area contributed by atoms with Gasteiger partial charge in [0.1, 0.15) is 19.2 Å². The molecule has 3 aromatic rings. The summed E-state index contributed by atoms with van der Waals surface area (Å²) in [6.45, 7) is 0.423. The number of aliphatic imine (C=N–C) groups is 1. The van der Waals surface area contributed by atoms with E-state index in [1.54, 1.807) is 0 Å². The monoisotopic (exact) mass is 400 g/mol. The Morgan fingerprint density at radius 3 is 2.36 bits per heavy atom. The summed E-state index contributed by atoms with van der Waals surface area (Å²) in [7, 11) is 0. The number of nitrogens with one attached hydrogen (secondary N) is 1. The highest BCUT2D eigenvalue weighted by molar-refractivity contribution is 6.18. The van der Waals surface area contributed by atoms with E-state index in [0.29, 0.717) is 0 Å². The minimum Gasteiger partial charge on any atom is -0.856 e. The second kappa shape index (κ2) is 9.34. The van der Waals surface area contributed by atoms with Gasteiger partial charge in [0.25, 0.3) is 0 Å². The van der Waals surface area contributed by atoms with Gasteiger partial charge in [-0.25, -0.2) is 4.79 Å². The summed E-state index contributed by atoms with van der Waals surface area (Å²) in [6, 6.07) is 18.7. The van der Waals surface area contributed by atoms with Crippen molar-refractivity contribution >= 4 is 17.5 Å². The van der Waals surface area contributed by atoms with Crippen LogP contribution in [-0.4, -0.2) is 32.9 Å². The normalized spacial score (nSPS) is 12.9. The van der Waals surface area contributed by atoms with Gasteiger partial charge in [-0.05, 0) is 11.1 Å². The minimum absolute atomic E-state index is 0.0114. The van der Waals surface area contributed by atoms with Crippen molar-refractivity contribution in [3.8, 4) is 0 Å². The fraction of sp³-hybridized carbons (Fsp3) is 0.250. The zero-order valence-electron chi connectivity index (χ0n) is 15.2. The van der Waals surface area contributed by atoms with Crippen LogP contribution in [0, 0.1) is 0 Å². The molecule has 0 amide bonds. The number of hydrogen-bond acceptors (Lipinski definition) is 4. The van der Waals surface area contributed by atoms with Crippen molar-refractivity contribution < 1.29 is 14.9 Å². The summed E-state index contributed by atoms with van der Waals surface area (Å²) in [5.41, 5.74) is 1.14. The molecule has 7 nitrogen and oxygen atoms in total. The van der Waals surface area contributed by atoms with Gasteiger partial charge >= 0.3 is 5.56 Å². The molecule has 28 heavy (non-hydrogen) atoms. The maximum atomic E-state index is 12.8. The van der Waals surface area contributed by atoms with Crippen molar-refractivity contribution in [2.45, 2.75) is 25.7 Å². The third kappa shape index (κ3) is 4.88. The van der Waals surface area contributed by atoms with E-state index in [2.05, 4.69) is 10.2 Å². The maximum absolute atomic E-state index is 12.8. The number of alkyl halides is 1. The second-order valence-corrected chi connectivity index (χ2v) is 6.66. The van der Waals surface area contributed by atoms with E-state index in [-0.39, 0.29) is 31.2 Å². The van der Waals surface area contributed by atoms with E-state index in [0.717, 1.165) is 11.1 Å². The maximum Gasteiger partial charge on any atom is 0.401 e. The first-order chi connectivity index (χ1) is 13.6. The van der Waals surface area contributed by atoms with Gasteiger partial charge in [0.05, 0.1) is 12.4 Å². The third-order valence-corrected chi connectivity index (χ3v) is 4.52. The summed E-state index contributed by atoms with van der Waals surface area (Å²) in [5, 5.41) is 25.4. The van der Waals surface area contributed by atoms with Gasteiger partial charge in [0.2, 0.25) is 5.69 Å². The molecule has 0 aliphatic rings. The largest absolute Gasteiger partial charge is 0.856 e. The summed E-state index contributed by atoms with van der Waals surface area (Å²) in [6.07, 6.45) is -0.907. The zero-order chi connectivity index (χ0) is 19.9. The predicted molar refractivity (Wildman–Crippen MR) is 104 cm³/mol. The van der Waals surface area contributed by atoms with E-state index in [1.165, 1.54) is 9.36 Å². The fourth-order valence-electron chi connectivity index (χ4n) is 2.78. The van der Waals surface area contributed by atoms with Crippen LogP contribution in [0.15, 0.2) is 70.5 Å². The van der Waals surface area contributed by atoms with Gasteiger partial charge in [0.15, 0.2) is 0 Å². The summed E-state index contributed by atoms with van der Waals surface area (Å²) >= 11 is 5.68. The minimum atomic E-state index is -0.907. The molecule has 0 saturated carbocycles. The molecule has 0 radical (unpaired) electrons. The Bertz CT molecular complexity index is 984. The van der Waals surface area contributed by atoms with Gasteiger partial charge in [-0.2, -0.15) is 4.68 Å². The molecule has 1 unspecified atom stereocenters. The number of rotatable bonds is 8. The van der Waals surface area contributed by atoms with Crippen molar-refractivity contribution in [1.82, 2.24) is 9.90 Å². The van der Waals surface area contributed by atoms with Crippen LogP contribution in [0.2, 0.25) is 0 Å². The summed E-state index contributed by atoms with van der Waals surface area (Å²) < 4.78 is 2.64. The molecule has 1 heterocycles. The Labute approximate surface area is 167 Å². The molecule has 146 valence electrons. The number of aliphatic hydroxyl groups excluding tert-OH is 1. The zero-order valence-corrected chi connectivity index (χ0v) is 15.9. The van der Waals surface area contributed by atoms with Crippen LogP contribution in [0.1, 0.15) is 16.8 Å². The van der Waals surface area contributed by atoms with Crippen molar-refractivity contribution in [3.05, 3.63) is 87.8 Å². The molecule has 1 aromatic heterocycles. The van der Waals surface area contributed by atoms with Gasteiger partial charge in [-0.15, -0.1) is 16.3 Å². The molecule has 2 N–H and O–H groups in total. The lowest BCUT2D eigenvalue weighted by atomic mass is 10.2. The summed E-state index contributed by atoms with van der Waals surface area (Å²) in [4.78, 5) is 16.9. The molecule has 2 aromatic carbocycles. The number of benzene rings is 2. The molecule has 0 saturated heterocycles. The first-order valence-electron chi connectivity index (χ1n) is 8.85. The lowest BCUT2D eigenvalue weighted by Gasteiger charge is -2.09. The number of hydrogen-bond donors (Lipinski definition) is 2. The average molecular weight is 401 g/mol. The van der Waals surface area contributed by atoms with E-state index < -0.39 is 17.6 Å². The van der Waals surface area contributed by atoms with Crippen LogP contribution in [0.5, 0.6) is 0 Å². The fourth-order valence-corrected chi connectivity index (χ4v) is 2.88.